The summed E-state index contributed by atoms with van der Waals surface area (Å²) in [6.45, 7) is 0. The summed E-state index contributed by atoms with van der Waals surface area (Å²) in [6, 6.07) is 28.0. The van der Waals surface area contributed by atoms with E-state index in [0.29, 0.717) is 11.1 Å². The smallest absolute Gasteiger partial charge is 0.309 e. The van der Waals surface area contributed by atoms with Crippen LogP contribution in [0.15, 0.2) is 91.0 Å². The Balaban J connectivity index is 1.82. The molecular formula is C27H26O4. The molecule has 3 aromatic rings. The maximum atomic E-state index is 13.6. The highest BCUT2D eigenvalue weighted by Crippen LogP contribution is 2.51. The van der Waals surface area contributed by atoms with Crippen molar-refractivity contribution in [2.45, 2.75) is 24.4 Å². The van der Waals surface area contributed by atoms with E-state index in [1.165, 1.54) is 7.11 Å². The van der Waals surface area contributed by atoms with Gasteiger partial charge in [0.25, 0.3) is 0 Å². The van der Waals surface area contributed by atoms with Crippen LogP contribution >= 0.6 is 0 Å². The summed E-state index contributed by atoms with van der Waals surface area (Å²) in [4.78, 5) is 26.4. The number of rotatable bonds is 5. The van der Waals surface area contributed by atoms with E-state index in [1.54, 1.807) is 12.1 Å². The summed E-state index contributed by atoms with van der Waals surface area (Å²) in [5.74, 6) is -2.06. The summed E-state index contributed by atoms with van der Waals surface area (Å²) in [6.07, 6.45) is 0.468. The van der Waals surface area contributed by atoms with E-state index < -0.39 is 17.4 Å². The van der Waals surface area contributed by atoms with Gasteiger partial charge in [-0.25, -0.2) is 0 Å². The highest BCUT2D eigenvalue weighted by atomic mass is 16.5. The number of esters is 1. The first-order valence-corrected chi connectivity index (χ1v) is 10.5. The predicted molar refractivity (Wildman–Crippen MR) is 119 cm³/mol. The van der Waals surface area contributed by atoms with E-state index in [9.17, 15) is 14.7 Å². The van der Waals surface area contributed by atoms with E-state index in [-0.39, 0.29) is 30.5 Å². The van der Waals surface area contributed by atoms with Crippen molar-refractivity contribution in [2.75, 3.05) is 7.11 Å². The number of carbonyl (C=O) groups is 2. The Hall–Kier alpha value is -3.24. The highest BCUT2D eigenvalue weighted by Gasteiger charge is 2.53. The molecule has 4 nitrogen and oxygen atoms in total. The number of ketones is 1. The van der Waals surface area contributed by atoms with Crippen molar-refractivity contribution in [1.82, 2.24) is 0 Å². The molecule has 0 aromatic heterocycles. The summed E-state index contributed by atoms with van der Waals surface area (Å²) in [5.41, 5.74) is 0.772. The number of ether oxygens (including phenoxy) is 1. The fraction of sp³-hybridized carbons (Fsp3) is 0.259. The molecule has 1 saturated carbocycles. The van der Waals surface area contributed by atoms with Crippen molar-refractivity contribution in [3.63, 3.8) is 0 Å². The lowest BCUT2D eigenvalue weighted by molar-refractivity contribution is -0.152. The maximum Gasteiger partial charge on any atom is 0.309 e. The Bertz CT molecular complexity index is 1030. The van der Waals surface area contributed by atoms with Crippen LogP contribution in [0, 0.1) is 11.8 Å². The lowest BCUT2D eigenvalue weighted by Gasteiger charge is -2.46. The quantitative estimate of drug-likeness (QED) is 0.484. The third-order valence-electron chi connectivity index (χ3n) is 6.46. The first kappa shape index (κ1) is 21.0. The van der Waals surface area contributed by atoms with Gasteiger partial charge in [-0.15, -0.1) is 0 Å². The number of hydrogen-bond donors (Lipinski definition) is 1. The molecule has 1 N–H and O–H groups in total. The number of Topliss-reactive ketones (excluding diaryl/α,β-unsaturated/α-hetero) is 1. The fourth-order valence-corrected chi connectivity index (χ4v) is 4.87. The summed E-state index contributed by atoms with van der Waals surface area (Å²) in [7, 11) is 1.37. The van der Waals surface area contributed by atoms with Crippen LogP contribution in [-0.4, -0.2) is 24.0 Å². The zero-order valence-electron chi connectivity index (χ0n) is 17.5. The molecule has 0 amide bonds. The number of methoxy groups -OCH3 is 1. The number of aliphatic hydroxyl groups is 1. The maximum absolute atomic E-state index is 13.6. The molecule has 1 aliphatic rings. The van der Waals surface area contributed by atoms with E-state index in [0.717, 1.165) is 5.56 Å². The Morgan fingerprint density at radius 3 is 2.00 bits per heavy atom. The first-order chi connectivity index (χ1) is 15.0. The minimum atomic E-state index is -1.40. The molecule has 0 bridgehead atoms. The zero-order chi connectivity index (χ0) is 21.8. The second kappa shape index (κ2) is 8.86. The van der Waals surface area contributed by atoms with E-state index in [1.807, 2.05) is 78.9 Å². The third-order valence-corrected chi connectivity index (χ3v) is 6.46. The van der Waals surface area contributed by atoms with Crippen LogP contribution in [0.25, 0.3) is 0 Å². The normalized spacial score (nSPS) is 25.5. The van der Waals surface area contributed by atoms with Gasteiger partial charge in [0.2, 0.25) is 0 Å². The van der Waals surface area contributed by atoms with Crippen molar-refractivity contribution in [3.05, 3.63) is 108 Å². The molecule has 0 spiro atoms. The molecule has 0 unspecified atom stereocenters. The van der Waals surface area contributed by atoms with Gasteiger partial charge in [-0.3, -0.25) is 9.59 Å². The van der Waals surface area contributed by atoms with Crippen molar-refractivity contribution in [2.24, 2.45) is 11.8 Å². The summed E-state index contributed by atoms with van der Waals surface area (Å²) < 4.78 is 5.12. The molecule has 1 aliphatic carbocycles. The Kier molecular flexibility index (Phi) is 6.01. The largest absolute Gasteiger partial charge is 0.469 e. The zero-order valence-corrected chi connectivity index (χ0v) is 17.5. The molecule has 31 heavy (non-hydrogen) atoms. The van der Waals surface area contributed by atoms with Crippen molar-refractivity contribution < 1.29 is 19.4 Å². The second-order valence-electron chi connectivity index (χ2n) is 8.16. The topological polar surface area (TPSA) is 63.6 Å². The van der Waals surface area contributed by atoms with Crippen LogP contribution in [0.2, 0.25) is 0 Å². The van der Waals surface area contributed by atoms with Gasteiger partial charge in [-0.1, -0.05) is 91.0 Å². The van der Waals surface area contributed by atoms with Crippen LogP contribution in [0.3, 0.4) is 0 Å². The summed E-state index contributed by atoms with van der Waals surface area (Å²) >= 11 is 0. The first-order valence-electron chi connectivity index (χ1n) is 10.5. The number of benzene rings is 3. The van der Waals surface area contributed by atoms with Gasteiger partial charge in [0, 0.05) is 11.5 Å². The fourth-order valence-electron chi connectivity index (χ4n) is 4.87. The Morgan fingerprint density at radius 2 is 1.42 bits per heavy atom. The molecule has 4 atom stereocenters. The molecule has 0 saturated heterocycles. The molecule has 0 aliphatic heterocycles. The van der Waals surface area contributed by atoms with Crippen LogP contribution in [0.4, 0.5) is 0 Å². The minimum Gasteiger partial charge on any atom is -0.469 e. The average Bonchev–Trinajstić information content (AvgIpc) is 2.84. The average molecular weight is 415 g/mol. The predicted octanol–water partition coefficient (Wildman–Crippen LogP) is 4.74. The van der Waals surface area contributed by atoms with Crippen molar-refractivity contribution in [3.8, 4) is 0 Å². The van der Waals surface area contributed by atoms with Crippen LogP contribution in [-0.2, 0) is 15.1 Å². The van der Waals surface area contributed by atoms with Crippen LogP contribution in [0.5, 0.6) is 0 Å². The molecular weight excluding hydrogens is 388 g/mol. The standard InChI is InChI=1S/C27H26O4/c1-31-26(29)22-17-24(25(28)20-13-7-3-8-14-20)27(30,21-15-9-4-10-16-21)18-23(22)19-11-5-2-6-12-19/h2-16,22-24,30H,17-18H2,1H3/t22-,23+,24-,27+/m0/s1. The van der Waals surface area contributed by atoms with Gasteiger partial charge in [-0.05, 0) is 24.0 Å². The van der Waals surface area contributed by atoms with Gasteiger partial charge in [0.15, 0.2) is 5.78 Å². The van der Waals surface area contributed by atoms with Crippen LogP contribution in [0.1, 0.15) is 40.2 Å². The molecule has 0 heterocycles. The second-order valence-corrected chi connectivity index (χ2v) is 8.16. The molecule has 1 fully saturated rings. The monoisotopic (exact) mass is 414 g/mol. The lowest BCUT2D eigenvalue weighted by Crippen LogP contribution is -2.49. The molecule has 0 radical (unpaired) electrons. The molecule has 4 rings (SSSR count). The number of carbonyl (C=O) groups excluding carboxylic acids is 2. The summed E-state index contributed by atoms with van der Waals surface area (Å²) in [5, 5.41) is 12.1. The van der Waals surface area contributed by atoms with Crippen LogP contribution < -0.4 is 0 Å². The molecule has 4 heteroatoms. The third kappa shape index (κ3) is 4.04. The lowest BCUT2D eigenvalue weighted by atomic mass is 9.60. The minimum absolute atomic E-state index is 0.160. The van der Waals surface area contributed by atoms with E-state index in [4.69, 9.17) is 4.74 Å². The SMILES string of the molecule is COC(=O)[C@H]1C[C@@H](C(=O)c2ccccc2)[C@](O)(c2ccccc2)C[C@@H]1c1ccccc1. The van der Waals surface area contributed by atoms with Gasteiger partial charge in [0.05, 0.1) is 18.9 Å². The Morgan fingerprint density at radius 1 is 0.871 bits per heavy atom. The highest BCUT2D eigenvalue weighted by molar-refractivity contribution is 5.99. The molecule has 158 valence electrons. The van der Waals surface area contributed by atoms with E-state index in [2.05, 4.69) is 0 Å². The van der Waals surface area contributed by atoms with Gasteiger partial charge in [-0.2, -0.15) is 0 Å². The van der Waals surface area contributed by atoms with Gasteiger partial charge < -0.3 is 9.84 Å². The Labute approximate surface area is 182 Å². The van der Waals surface area contributed by atoms with E-state index >= 15 is 0 Å². The van der Waals surface area contributed by atoms with Crippen molar-refractivity contribution >= 4 is 11.8 Å². The van der Waals surface area contributed by atoms with Crippen molar-refractivity contribution in [1.29, 1.82) is 0 Å². The number of hydrogen-bond acceptors (Lipinski definition) is 4. The molecule has 3 aromatic carbocycles. The van der Waals surface area contributed by atoms with Gasteiger partial charge in [0.1, 0.15) is 5.60 Å². The van der Waals surface area contributed by atoms with Gasteiger partial charge >= 0.3 is 5.97 Å².